The molecule has 1 aliphatic rings. The van der Waals surface area contributed by atoms with E-state index in [0.717, 1.165) is 47.0 Å². The predicted octanol–water partition coefficient (Wildman–Crippen LogP) is 6.48. The number of nitriles is 1. The van der Waals surface area contributed by atoms with Crippen LogP contribution in [0.2, 0.25) is 0 Å². The molecule has 2 N–H and O–H groups in total. The fourth-order valence-electron chi connectivity index (χ4n) is 4.74. The van der Waals surface area contributed by atoms with E-state index < -0.39 is 5.25 Å². The number of thiophene rings is 1. The lowest BCUT2D eigenvalue weighted by molar-refractivity contribution is -0.116. The molecule has 0 aliphatic carbocycles. The summed E-state index contributed by atoms with van der Waals surface area (Å²) in [5.74, 6) is -0.244. The highest BCUT2D eigenvalue weighted by Crippen LogP contribution is 2.37. The zero-order valence-electron chi connectivity index (χ0n) is 22.2. The molecule has 202 valence electrons. The van der Waals surface area contributed by atoms with Crippen LogP contribution in [0.5, 0.6) is 0 Å². The Kier molecular flexibility index (Phi) is 8.97. The first-order valence-corrected chi connectivity index (χ1v) is 14.9. The van der Waals surface area contributed by atoms with Crippen molar-refractivity contribution in [3.05, 3.63) is 112 Å². The molecule has 2 heterocycles. The third kappa shape index (κ3) is 6.99. The van der Waals surface area contributed by atoms with Crippen molar-refractivity contribution < 1.29 is 9.59 Å². The molecule has 6 nitrogen and oxygen atoms in total. The Morgan fingerprint density at radius 3 is 2.45 bits per heavy atom. The van der Waals surface area contributed by atoms with Crippen molar-refractivity contribution in [3.8, 4) is 6.07 Å². The first kappa shape index (κ1) is 27.7. The molecule has 0 radical (unpaired) electrons. The molecule has 0 saturated carbocycles. The van der Waals surface area contributed by atoms with Gasteiger partial charge < -0.3 is 10.6 Å². The average Bonchev–Trinajstić information content (AvgIpc) is 3.30. The van der Waals surface area contributed by atoms with Crippen molar-refractivity contribution in [3.63, 3.8) is 0 Å². The highest BCUT2D eigenvalue weighted by molar-refractivity contribution is 8.00. The molecule has 4 aromatic rings. The number of fused-ring (bicyclic) bond motifs is 1. The van der Waals surface area contributed by atoms with Crippen molar-refractivity contribution in [1.29, 1.82) is 5.26 Å². The van der Waals surface area contributed by atoms with Gasteiger partial charge in [0.2, 0.25) is 11.8 Å². The fraction of sp³-hybridized carbons (Fsp3) is 0.219. The van der Waals surface area contributed by atoms with Crippen LogP contribution in [-0.2, 0) is 35.5 Å². The van der Waals surface area contributed by atoms with Crippen molar-refractivity contribution in [1.82, 2.24) is 4.90 Å². The minimum Gasteiger partial charge on any atom is -0.326 e. The molecule has 1 atom stereocenters. The number of anilines is 2. The summed E-state index contributed by atoms with van der Waals surface area (Å²) >= 11 is 2.93. The highest BCUT2D eigenvalue weighted by Gasteiger charge is 2.26. The molecule has 0 fully saturated rings. The molecule has 1 aliphatic heterocycles. The maximum absolute atomic E-state index is 13.2. The second-order valence-corrected chi connectivity index (χ2v) is 12.3. The third-order valence-corrected chi connectivity index (χ3v) is 8.97. The third-order valence-electron chi connectivity index (χ3n) is 6.74. The number of rotatable bonds is 9. The van der Waals surface area contributed by atoms with Crippen LogP contribution in [0.4, 0.5) is 10.7 Å². The smallest absolute Gasteiger partial charge is 0.238 e. The van der Waals surface area contributed by atoms with E-state index in [1.54, 1.807) is 0 Å². The lowest BCUT2D eigenvalue weighted by Crippen LogP contribution is -2.29. The summed E-state index contributed by atoms with van der Waals surface area (Å²) in [7, 11) is 0. The molecule has 0 saturated heterocycles. The monoisotopic (exact) mass is 566 g/mol. The summed E-state index contributed by atoms with van der Waals surface area (Å²) < 4.78 is 0. The predicted molar refractivity (Wildman–Crippen MR) is 162 cm³/mol. The molecule has 40 heavy (non-hydrogen) atoms. The van der Waals surface area contributed by atoms with Gasteiger partial charge in [-0.2, -0.15) is 5.26 Å². The van der Waals surface area contributed by atoms with E-state index in [1.807, 2.05) is 67.6 Å². The van der Waals surface area contributed by atoms with E-state index in [1.165, 1.54) is 28.7 Å². The van der Waals surface area contributed by atoms with Crippen LogP contribution in [0.15, 0.2) is 89.8 Å². The average molecular weight is 567 g/mol. The van der Waals surface area contributed by atoms with Crippen molar-refractivity contribution >= 4 is 45.6 Å². The first-order chi connectivity index (χ1) is 19.5. The second-order valence-electron chi connectivity index (χ2n) is 9.75. The van der Waals surface area contributed by atoms with Gasteiger partial charge in [0.05, 0.1) is 17.2 Å². The number of hydrogen-bond acceptors (Lipinski definition) is 6. The number of amides is 2. The molecule has 5 rings (SSSR count). The molecule has 1 aromatic heterocycles. The van der Waals surface area contributed by atoms with Crippen molar-refractivity contribution in [2.45, 2.75) is 43.0 Å². The normalized spacial score (nSPS) is 13.6. The summed E-state index contributed by atoms with van der Waals surface area (Å²) in [6.07, 6.45) is 1.09. The SMILES string of the molecule is CC(Sc1cccc(NC(=O)Cc2ccccc2)c1)C(=O)Nc1sc2c(c1C#N)CCN(Cc1ccccc1)C2. The van der Waals surface area contributed by atoms with Crippen LogP contribution >= 0.6 is 23.1 Å². The van der Waals surface area contributed by atoms with Gasteiger partial charge in [-0.25, -0.2) is 0 Å². The van der Waals surface area contributed by atoms with Gasteiger partial charge >= 0.3 is 0 Å². The molecule has 0 spiro atoms. The molecular weight excluding hydrogens is 537 g/mol. The minimum atomic E-state index is -0.393. The maximum Gasteiger partial charge on any atom is 0.238 e. The van der Waals surface area contributed by atoms with Crippen LogP contribution in [0.3, 0.4) is 0 Å². The lowest BCUT2D eigenvalue weighted by Gasteiger charge is -2.26. The largest absolute Gasteiger partial charge is 0.326 e. The molecule has 1 unspecified atom stereocenters. The number of carbonyl (C=O) groups excluding carboxylic acids is 2. The number of benzene rings is 3. The standard InChI is InChI=1S/C32H30N4O2S2/c1-22(39-26-14-8-13-25(18-26)34-30(37)17-23-9-4-2-5-10-23)31(38)35-32-28(19-33)27-15-16-36(21-29(27)40-32)20-24-11-6-3-7-12-24/h2-14,18,22H,15-17,20-21H2,1H3,(H,34,37)(H,35,38). The van der Waals surface area contributed by atoms with E-state index in [2.05, 4.69) is 45.9 Å². The van der Waals surface area contributed by atoms with E-state index in [0.29, 0.717) is 22.7 Å². The van der Waals surface area contributed by atoms with Gasteiger partial charge in [0.25, 0.3) is 0 Å². The van der Waals surface area contributed by atoms with Gasteiger partial charge in [-0.1, -0.05) is 66.7 Å². The van der Waals surface area contributed by atoms with Gasteiger partial charge in [0.1, 0.15) is 11.1 Å². The van der Waals surface area contributed by atoms with Crippen LogP contribution in [0.1, 0.15) is 34.1 Å². The number of carbonyl (C=O) groups is 2. The summed E-state index contributed by atoms with van der Waals surface area (Å²) in [6, 6.07) is 29.8. The molecular formula is C32H30N4O2S2. The van der Waals surface area contributed by atoms with E-state index in [9.17, 15) is 14.9 Å². The zero-order valence-corrected chi connectivity index (χ0v) is 23.9. The highest BCUT2D eigenvalue weighted by atomic mass is 32.2. The fourth-order valence-corrected chi connectivity index (χ4v) is 6.91. The van der Waals surface area contributed by atoms with Gasteiger partial charge in [0.15, 0.2) is 0 Å². The molecule has 8 heteroatoms. The van der Waals surface area contributed by atoms with Crippen LogP contribution < -0.4 is 10.6 Å². The van der Waals surface area contributed by atoms with Gasteiger partial charge in [-0.3, -0.25) is 14.5 Å². The molecule has 3 aromatic carbocycles. The van der Waals surface area contributed by atoms with Gasteiger partial charge in [0, 0.05) is 35.1 Å². The summed E-state index contributed by atoms with van der Waals surface area (Å²) in [5, 5.41) is 16.1. The van der Waals surface area contributed by atoms with E-state index >= 15 is 0 Å². The Balaban J connectivity index is 1.19. The molecule has 2 amide bonds. The van der Waals surface area contributed by atoms with Gasteiger partial charge in [-0.15, -0.1) is 23.1 Å². The Hall–Kier alpha value is -3.90. The molecule has 0 bridgehead atoms. The number of nitrogens with zero attached hydrogens (tertiary/aromatic N) is 2. The second kappa shape index (κ2) is 13.0. The topological polar surface area (TPSA) is 85.2 Å². The van der Waals surface area contributed by atoms with Crippen molar-refractivity contribution in [2.24, 2.45) is 0 Å². The van der Waals surface area contributed by atoms with Crippen molar-refractivity contribution in [2.75, 3.05) is 17.2 Å². The Morgan fingerprint density at radius 1 is 1.00 bits per heavy atom. The number of nitrogens with one attached hydrogen (secondary N) is 2. The van der Waals surface area contributed by atoms with Crippen LogP contribution in [0.25, 0.3) is 0 Å². The lowest BCUT2D eigenvalue weighted by atomic mass is 10.0. The van der Waals surface area contributed by atoms with E-state index in [-0.39, 0.29) is 11.8 Å². The Morgan fingerprint density at radius 2 is 1.73 bits per heavy atom. The van der Waals surface area contributed by atoms with Gasteiger partial charge in [-0.05, 0) is 48.2 Å². The maximum atomic E-state index is 13.2. The summed E-state index contributed by atoms with van der Waals surface area (Å²) in [5.41, 5.74) is 4.56. The van der Waals surface area contributed by atoms with Crippen LogP contribution in [0, 0.1) is 11.3 Å². The Labute approximate surface area is 243 Å². The van der Waals surface area contributed by atoms with E-state index in [4.69, 9.17) is 0 Å². The minimum absolute atomic E-state index is 0.0906. The first-order valence-electron chi connectivity index (χ1n) is 13.2. The Bertz CT molecular complexity index is 1530. The summed E-state index contributed by atoms with van der Waals surface area (Å²) in [4.78, 5) is 30.0. The summed E-state index contributed by atoms with van der Waals surface area (Å²) in [6.45, 7) is 4.36. The number of hydrogen-bond donors (Lipinski definition) is 2. The van der Waals surface area contributed by atoms with Crippen LogP contribution in [-0.4, -0.2) is 28.5 Å². The quantitative estimate of drug-likeness (QED) is 0.227. The zero-order chi connectivity index (χ0) is 27.9. The number of thioether (sulfide) groups is 1.